The zero-order valence-electron chi connectivity index (χ0n) is 83.7. The van der Waals surface area contributed by atoms with Gasteiger partial charge < -0.3 is 36.2 Å². The molecule has 0 aliphatic carbocycles. The van der Waals surface area contributed by atoms with Crippen LogP contribution in [-0.2, 0) is 126 Å². The van der Waals surface area contributed by atoms with E-state index in [0.29, 0.717) is 69.7 Å². The van der Waals surface area contributed by atoms with Gasteiger partial charge >= 0.3 is 0 Å². The Kier molecular flexibility index (Phi) is 44.1. The van der Waals surface area contributed by atoms with Crippen LogP contribution in [0.4, 0.5) is 8.78 Å². The van der Waals surface area contributed by atoms with Gasteiger partial charge in [0.05, 0.1) is 95.2 Å². The van der Waals surface area contributed by atoms with Gasteiger partial charge in [0, 0.05) is 88.1 Å². The van der Waals surface area contributed by atoms with E-state index in [1.807, 2.05) is 105 Å². The highest BCUT2D eigenvalue weighted by Crippen LogP contribution is 2.30. The van der Waals surface area contributed by atoms with Crippen LogP contribution in [-0.4, -0.2) is 238 Å². The molecule has 143 heavy (non-hydrogen) atoms. The molecule has 37 heteroatoms. The minimum atomic E-state index is -4.99. The number of Topliss-reactive ketones (excluding diaryl/α,β-unsaturated/α-hetero) is 8. The second-order valence-corrected chi connectivity index (χ2v) is 42.7. The van der Waals surface area contributed by atoms with Crippen LogP contribution in [0.2, 0.25) is 0 Å². The monoisotopic (exact) mass is 2020 g/mol. The summed E-state index contributed by atoms with van der Waals surface area (Å²) in [5.74, 6) is -14.4. The van der Waals surface area contributed by atoms with E-state index in [4.69, 9.17) is 13.1 Å². The molecule has 8 aromatic rings. The normalized spacial score (nSPS) is 15.2. The molecule has 6 N–H and O–H groups in total. The molecule has 4 amide bonds. The van der Waals surface area contributed by atoms with Gasteiger partial charge in [-0.15, -0.1) is 10.2 Å². The number of morpholine rings is 1. The van der Waals surface area contributed by atoms with Crippen molar-refractivity contribution >= 4 is 90.1 Å². The Morgan fingerprint density at radius 3 is 1.17 bits per heavy atom. The van der Waals surface area contributed by atoms with E-state index >= 15 is 8.78 Å². The maximum Gasteiger partial charge on any atom is 0.297 e. The number of amides is 4. The molecule has 1 saturated heterocycles. The van der Waals surface area contributed by atoms with Crippen molar-refractivity contribution in [3.05, 3.63) is 227 Å². The Balaban J connectivity index is 0.772. The number of hydrogen-bond donors (Lipinski definition) is 6. The molecule has 9 rings (SSSR count). The number of rotatable bonds is 63. The zero-order valence-corrected chi connectivity index (χ0v) is 85.3. The number of aliphatic hydroxyl groups is 2. The van der Waals surface area contributed by atoms with Gasteiger partial charge in [-0.05, 0) is 174 Å². The van der Waals surface area contributed by atoms with Crippen molar-refractivity contribution in [2.75, 3.05) is 66.2 Å². The van der Waals surface area contributed by atoms with Crippen LogP contribution in [0.5, 0.6) is 0 Å². The third kappa shape index (κ3) is 37.2. The first-order chi connectivity index (χ1) is 67.7. The summed E-state index contributed by atoms with van der Waals surface area (Å²) in [6.45, 7) is 18.9. The number of ketones is 8. The van der Waals surface area contributed by atoms with Crippen molar-refractivity contribution in [2.24, 2.45) is 47.3 Å². The molecule has 1 aliphatic heterocycles. The standard InChI is InChI=1S/C106H138F2N12O21S2/c1-13-117(12)64-83(121)56-77(36-34-73-26-18-14-19-27-73)101(129)109-91(50-69(2)3)97(125)58-79(54-75-30-22-16-23-31-75)103(131)111-93(52-71(6)7)99(127)105(10,133)66-140-142(135,136)85-40-42-89(107)87(60-85)95(123)44-38-81-62-119(115-113-81)68-120-63-82(114-116-120)39-45-96(124)88-61-86(41-43-90(88)108)143(137,138)141-67-106(11,134)100(128)94(53-72(8)9)112-104(132)80(55-76-32-24-17-25-33-76)59-98(126)92(51-70(4)5)110-102(130)78(37-35-74-28-20-15-21-29-74)57-84(122)65-118-46-48-139-49-47-118/h14-33,40-43,60-63,69-72,77-80,91-94,133-134H,13,34-39,44-59,64-68H2,1-12H3,(H,109,129)(H,110,130)(H,111,131)(H,112,132)/t77-,78-,79-,80-,91+,92+,93+,94+,105?,106?/m1/s1. The summed E-state index contributed by atoms with van der Waals surface area (Å²) in [5.41, 5.74) is -2.86. The number of halogens is 2. The third-order valence-electron chi connectivity index (χ3n) is 25.0. The summed E-state index contributed by atoms with van der Waals surface area (Å²) in [5, 5.41) is 51.4. The van der Waals surface area contributed by atoms with Crippen LogP contribution in [0.15, 0.2) is 180 Å². The number of hydrogen-bond acceptors (Lipinski definition) is 27. The van der Waals surface area contributed by atoms with E-state index in [1.54, 1.807) is 95.4 Å². The topological polar surface area (TPSA) is 457 Å². The molecule has 2 unspecified atom stereocenters. The Morgan fingerprint density at radius 1 is 0.462 bits per heavy atom. The van der Waals surface area contributed by atoms with Crippen molar-refractivity contribution in [1.29, 1.82) is 0 Å². The summed E-state index contributed by atoms with van der Waals surface area (Å²) in [6.07, 6.45) is 2.67. The van der Waals surface area contributed by atoms with Crippen LogP contribution in [0, 0.1) is 59.0 Å². The Labute approximate surface area is 836 Å². The van der Waals surface area contributed by atoms with Gasteiger partial charge in [-0.2, -0.15) is 16.8 Å². The highest BCUT2D eigenvalue weighted by atomic mass is 32.2. The van der Waals surface area contributed by atoms with E-state index in [9.17, 15) is 84.6 Å². The highest BCUT2D eigenvalue weighted by molar-refractivity contribution is 7.87. The molecular formula is C106H138F2N12O21S2. The second kappa shape index (κ2) is 54.9. The molecule has 0 bridgehead atoms. The van der Waals surface area contributed by atoms with Gasteiger partial charge in [0.15, 0.2) is 34.7 Å². The fourth-order valence-corrected chi connectivity index (χ4v) is 19.0. The highest BCUT2D eigenvalue weighted by Gasteiger charge is 2.44. The zero-order chi connectivity index (χ0) is 104. The molecule has 6 aromatic carbocycles. The second-order valence-electron chi connectivity index (χ2n) is 39.5. The summed E-state index contributed by atoms with van der Waals surface area (Å²) in [7, 11) is -8.17. The number of benzene rings is 6. The van der Waals surface area contributed by atoms with E-state index in [0.717, 1.165) is 61.4 Å². The van der Waals surface area contributed by atoms with Gasteiger partial charge in [0.25, 0.3) is 20.2 Å². The molecule has 1 aliphatic rings. The summed E-state index contributed by atoms with van der Waals surface area (Å²) >= 11 is 0. The molecule has 3 heterocycles. The number of nitrogens with zero attached hydrogens (tertiary/aromatic N) is 8. The first-order valence-electron chi connectivity index (χ1n) is 48.9. The van der Waals surface area contributed by atoms with Crippen LogP contribution in [0.25, 0.3) is 0 Å². The lowest BCUT2D eigenvalue weighted by Gasteiger charge is -2.30. The van der Waals surface area contributed by atoms with Gasteiger partial charge in [-0.25, -0.2) is 18.1 Å². The van der Waals surface area contributed by atoms with Crippen LogP contribution in [0.3, 0.4) is 0 Å². The average Bonchev–Trinajstić information content (AvgIpc) is 1.64. The van der Waals surface area contributed by atoms with E-state index in [-0.39, 0.29) is 131 Å². The van der Waals surface area contributed by atoms with Crippen molar-refractivity contribution in [2.45, 2.75) is 244 Å². The van der Waals surface area contributed by atoms with Crippen LogP contribution < -0.4 is 21.3 Å². The van der Waals surface area contributed by atoms with Crippen LogP contribution in [0.1, 0.15) is 208 Å². The summed E-state index contributed by atoms with van der Waals surface area (Å²) in [4.78, 5) is 174. The fraction of sp³-hybridized carbons (Fsp3) is 0.509. The molecule has 0 saturated carbocycles. The van der Waals surface area contributed by atoms with Crippen LogP contribution >= 0.6 is 0 Å². The first kappa shape index (κ1) is 115. The maximum atomic E-state index is 15.6. The number of ether oxygens (including phenoxy) is 1. The van der Waals surface area contributed by atoms with Crippen molar-refractivity contribution in [1.82, 2.24) is 61.1 Å². The summed E-state index contributed by atoms with van der Waals surface area (Å²) < 4.78 is 105. The smallest absolute Gasteiger partial charge is 0.297 e. The van der Waals surface area contributed by atoms with Crippen molar-refractivity contribution < 1.29 is 106 Å². The molecule has 1 fully saturated rings. The summed E-state index contributed by atoms with van der Waals surface area (Å²) in [6, 6.07) is 36.1. The minimum absolute atomic E-state index is 0.00408. The maximum absolute atomic E-state index is 15.6. The number of carbonyl (C=O) groups excluding carboxylic acids is 12. The number of aryl methyl sites for hydroxylation is 4. The SMILES string of the molecule is CCN(C)CC(=O)C[C@@H](CCc1ccccc1)C(=O)N[C@@H](CC(C)C)C(=O)C[C@@H](Cc1ccccc1)C(=O)N[C@@H](CC(C)C)C(=O)C(C)(O)COS(=O)(=O)c1ccc(F)c(C(=O)CCc2cn(Cn3cc(CCC(=O)c4cc(S(=O)(=O)OCC(C)(O)C(=O)[C@H](CC(C)C)NC(=O)[C@@H](CC(=O)[C@H](CC(C)C)NC(=O)[C@H](CCc5ccccc5)CC(=O)CN5CCOCC5)Cc5ccccc5)ccc4F)nn3)nn2)c1. The van der Waals surface area contributed by atoms with Gasteiger partial charge in [-0.1, -0.05) is 194 Å². The number of nitrogens with one attached hydrogen (secondary N) is 4. The van der Waals surface area contributed by atoms with E-state index in [2.05, 4.69) is 41.9 Å². The Bertz CT molecular complexity index is 5780. The molecule has 0 radical (unpaired) electrons. The number of likely N-dealkylation sites (N-methyl/N-ethyl adjacent to an activating group) is 1. The molecule has 2 aromatic heterocycles. The van der Waals surface area contributed by atoms with Gasteiger partial charge in [0.1, 0.15) is 54.3 Å². The Hall–Kier alpha value is -11.7. The number of aromatic nitrogens is 6. The Morgan fingerprint density at radius 2 is 0.804 bits per heavy atom. The molecular weight excluding hydrogens is 1880 g/mol. The molecule has 33 nitrogen and oxygen atoms in total. The average molecular weight is 2020 g/mol. The fourth-order valence-electron chi connectivity index (χ4n) is 17.0. The lowest BCUT2D eigenvalue weighted by molar-refractivity contribution is -0.144. The van der Waals surface area contributed by atoms with E-state index in [1.165, 1.54) is 21.8 Å². The third-order valence-corrected chi connectivity index (χ3v) is 27.5. The molecule has 10 atom stereocenters. The largest absolute Gasteiger partial charge is 0.380 e. The first-order valence-corrected chi connectivity index (χ1v) is 51.8. The molecule has 774 valence electrons. The predicted molar refractivity (Wildman–Crippen MR) is 529 cm³/mol. The van der Waals surface area contributed by atoms with Crippen molar-refractivity contribution in [3.8, 4) is 0 Å². The van der Waals surface area contributed by atoms with Gasteiger partial charge in [-0.3, -0.25) is 75.7 Å². The number of carbonyl (C=O) groups is 12. The quantitative estimate of drug-likeness (QED) is 0.0152. The van der Waals surface area contributed by atoms with E-state index < -0.39 is 209 Å². The lowest BCUT2D eigenvalue weighted by Crippen LogP contribution is -2.54. The van der Waals surface area contributed by atoms with Gasteiger partial charge in [0.2, 0.25) is 23.6 Å². The predicted octanol–water partition coefficient (Wildman–Crippen LogP) is 10.8. The molecule has 0 spiro atoms. The van der Waals surface area contributed by atoms with Crippen molar-refractivity contribution in [3.63, 3.8) is 0 Å². The minimum Gasteiger partial charge on any atom is -0.380 e. The lowest BCUT2D eigenvalue weighted by atomic mass is 9.86.